The molecular formula is C40H78N2O15. The summed E-state index contributed by atoms with van der Waals surface area (Å²) in [6, 6.07) is -0.468. The molecule has 2 amide bonds. The normalized spacial score (nSPS) is 12.0. The van der Waals surface area contributed by atoms with Gasteiger partial charge >= 0.3 is 0 Å². The van der Waals surface area contributed by atoms with E-state index >= 15 is 0 Å². The topological polar surface area (TPSA) is 186 Å². The second-order valence-electron chi connectivity index (χ2n) is 13.1. The monoisotopic (exact) mass is 827 g/mol. The lowest BCUT2D eigenvalue weighted by Gasteiger charge is -2.19. The van der Waals surface area contributed by atoms with Gasteiger partial charge in [-0.2, -0.15) is 0 Å². The highest BCUT2D eigenvalue weighted by molar-refractivity contribution is 5.90. The van der Waals surface area contributed by atoms with Crippen LogP contribution in [0, 0.1) is 5.92 Å². The van der Waals surface area contributed by atoms with Crippen molar-refractivity contribution in [2.24, 2.45) is 5.92 Å². The predicted octanol–water partition coefficient (Wildman–Crippen LogP) is 2.39. The molecule has 338 valence electrons. The van der Waals surface area contributed by atoms with Gasteiger partial charge in [0.25, 0.3) is 0 Å². The molecule has 1 atom stereocenters. The van der Waals surface area contributed by atoms with Gasteiger partial charge in [-0.15, -0.1) is 0 Å². The van der Waals surface area contributed by atoms with Gasteiger partial charge in [-0.3, -0.25) is 14.4 Å². The summed E-state index contributed by atoms with van der Waals surface area (Å²) in [5.74, 6) is -0.254. The van der Waals surface area contributed by atoms with E-state index in [0.29, 0.717) is 171 Å². The summed E-state index contributed by atoms with van der Waals surface area (Å²) < 4.78 is 64.9. The third-order valence-electron chi connectivity index (χ3n) is 7.87. The molecule has 0 aliphatic heterocycles. The molecule has 0 aliphatic carbocycles. The number of amides is 2. The first kappa shape index (κ1) is 55.1. The van der Waals surface area contributed by atoms with Gasteiger partial charge in [0.15, 0.2) is 5.78 Å². The van der Waals surface area contributed by atoms with Crippen LogP contribution in [-0.2, 0) is 71.2 Å². The summed E-state index contributed by atoms with van der Waals surface area (Å²) in [6.07, 6.45) is 4.47. The Balaban J connectivity index is 3.33. The minimum absolute atomic E-state index is 0.0476. The van der Waals surface area contributed by atoms with Gasteiger partial charge in [-0.25, -0.2) is 0 Å². The number of ether oxygens (including phenoxy) is 12. The molecule has 0 aromatic carbocycles. The average molecular weight is 827 g/mol. The number of Topliss-reactive ketones (excluding diaryl/α,β-unsaturated/α-hetero) is 1. The van der Waals surface area contributed by atoms with Gasteiger partial charge < -0.3 is 67.5 Å². The van der Waals surface area contributed by atoms with E-state index in [9.17, 15) is 14.4 Å². The van der Waals surface area contributed by atoms with Crippen LogP contribution in [-0.4, -0.2) is 189 Å². The zero-order valence-corrected chi connectivity index (χ0v) is 35.7. The number of hydrogen-bond donors (Lipinski definition) is 2. The molecule has 0 aromatic rings. The fourth-order valence-electron chi connectivity index (χ4n) is 4.69. The van der Waals surface area contributed by atoms with Crippen LogP contribution in [0.3, 0.4) is 0 Å². The third-order valence-corrected chi connectivity index (χ3v) is 7.87. The van der Waals surface area contributed by atoms with E-state index in [2.05, 4.69) is 10.6 Å². The van der Waals surface area contributed by atoms with E-state index < -0.39 is 6.04 Å². The molecule has 2 N–H and O–H groups in total. The van der Waals surface area contributed by atoms with Crippen LogP contribution in [0.4, 0.5) is 0 Å². The molecule has 17 heteroatoms. The Labute approximate surface area is 342 Å². The Kier molecular flexibility index (Phi) is 43.7. The highest BCUT2D eigenvalue weighted by Crippen LogP contribution is 2.09. The van der Waals surface area contributed by atoms with E-state index in [-0.39, 0.29) is 29.9 Å². The molecule has 17 nitrogen and oxygen atoms in total. The van der Waals surface area contributed by atoms with Crippen molar-refractivity contribution in [3.63, 3.8) is 0 Å². The van der Waals surface area contributed by atoms with Gasteiger partial charge in [0.05, 0.1) is 158 Å². The quantitative estimate of drug-likeness (QED) is 0.0852. The summed E-state index contributed by atoms with van der Waals surface area (Å²) in [7, 11) is 1.64. The molecule has 0 radical (unpaired) electrons. The molecule has 0 saturated carbocycles. The molecule has 0 fully saturated rings. The predicted molar refractivity (Wildman–Crippen MR) is 214 cm³/mol. The van der Waals surface area contributed by atoms with Crippen molar-refractivity contribution in [1.29, 1.82) is 0 Å². The number of ketones is 1. The lowest BCUT2D eigenvalue weighted by Crippen LogP contribution is -2.42. The molecule has 0 heterocycles. The van der Waals surface area contributed by atoms with Gasteiger partial charge in [0, 0.05) is 32.4 Å². The minimum atomic E-state index is -0.468. The molecule has 0 bridgehead atoms. The van der Waals surface area contributed by atoms with E-state index in [0.717, 1.165) is 25.7 Å². The Bertz CT molecular complexity index is 888. The largest absolute Gasteiger partial charge is 0.382 e. The third kappa shape index (κ3) is 42.1. The summed E-state index contributed by atoms with van der Waals surface area (Å²) in [5, 5.41) is 5.77. The van der Waals surface area contributed by atoms with Crippen molar-refractivity contribution in [3.8, 4) is 0 Å². The summed E-state index contributed by atoms with van der Waals surface area (Å²) >= 11 is 0. The number of hydrogen-bond acceptors (Lipinski definition) is 15. The Morgan fingerprint density at radius 2 is 0.789 bits per heavy atom. The second-order valence-corrected chi connectivity index (χ2v) is 13.1. The van der Waals surface area contributed by atoms with Crippen molar-refractivity contribution in [1.82, 2.24) is 10.6 Å². The zero-order chi connectivity index (χ0) is 41.7. The Hall–Kier alpha value is -1.87. The number of carbonyl (C=O) groups excluding carboxylic acids is 3. The van der Waals surface area contributed by atoms with E-state index in [1.54, 1.807) is 7.11 Å². The Morgan fingerprint density at radius 3 is 1.12 bits per heavy atom. The SMILES string of the molecule is CCCCC(=O)N[C@H](CCCCNC(=O)CCOCCOCCOCCOCCOCCOCCOCCOCCOCCOCCOCCOC)C(=O)C(C)C. The molecule has 0 saturated heterocycles. The fraction of sp³-hybridized carbons (Fsp3) is 0.925. The Morgan fingerprint density at radius 1 is 0.439 bits per heavy atom. The van der Waals surface area contributed by atoms with Gasteiger partial charge in [0.2, 0.25) is 11.8 Å². The summed E-state index contributed by atoms with van der Waals surface area (Å²) in [4.78, 5) is 36.7. The van der Waals surface area contributed by atoms with Crippen LogP contribution in [0.1, 0.15) is 65.7 Å². The maximum absolute atomic E-state index is 12.5. The fourth-order valence-corrected chi connectivity index (χ4v) is 4.69. The van der Waals surface area contributed by atoms with Gasteiger partial charge in [0.1, 0.15) is 0 Å². The summed E-state index contributed by atoms with van der Waals surface area (Å²) in [5.41, 5.74) is 0. The molecular weight excluding hydrogens is 748 g/mol. The van der Waals surface area contributed by atoms with Crippen LogP contribution >= 0.6 is 0 Å². The second kappa shape index (κ2) is 45.2. The molecule has 0 spiro atoms. The van der Waals surface area contributed by atoms with Crippen LogP contribution < -0.4 is 10.6 Å². The minimum Gasteiger partial charge on any atom is -0.382 e. The number of carbonyl (C=O) groups is 3. The van der Waals surface area contributed by atoms with Crippen molar-refractivity contribution in [2.75, 3.05) is 166 Å². The van der Waals surface area contributed by atoms with Crippen LogP contribution in [0.15, 0.2) is 0 Å². The van der Waals surface area contributed by atoms with Gasteiger partial charge in [-0.05, 0) is 25.7 Å². The highest BCUT2D eigenvalue weighted by Gasteiger charge is 2.22. The van der Waals surface area contributed by atoms with E-state index in [4.69, 9.17) is 56.8 Å². The first-order valence-electron chi connectivity index (χ1n) is 20.9. The molecule has 57 heavy (non-hydrogen) atoms. The number of unbranched alkanes of at least 4 members (excludes halogenated alkanes) is 2. The van der Waals surface area contributed by atoms with E-state index in [1.807, 2.05) is 20.8 Å². The molecule has 0 aliphatic rings. The van der Waals surface area contributed by atoms with Crippen LogP contribution in [0.25, 0.3) is 0 Å². The number of rotatable bonds is 47. The lowest BCUT2D eigenvalue weighted by molar-refractivity contribution is -0.129. The van der Waals surface area contributed by atoms with E-state index in [1.165, 1.54) is 0 Å². The maximum Gasteiger partial charge on any atom is 0.222 e. The molecule has 0 unspecified atom stereocenters. The number of methoxy groups -OCH3 is 1. The highest BCUT2D eigenvalue weighted by atomic mass is 16.6. The first-order valence-corrected chi connectivity index (χ1v) is 20.9. The zero-order valence-electron chi connectivity index (χ0n) is 35.7. The van der Waals surface area contributed by atoms with Crippen molar-refractivity contribution >= 4 is 17.6 Å². The van der Waals surface area contributed by atoms with Gasteiger partial charge in [-0.1, -0.05) is 27.2 Å². The van der Waals surface area contributed by atoms with Crippen LogP contribution in [0.2, 0.25) is 0 Å². The van der Waals surface area contributed by atoms with Crippen molar-refractivity contribution < 1.29 is 71.2 Å². The molecule has 0 aromatic heterocycles. The first-order chi connectivity index (χ1) is 27.9. The maximum atomic E-state index is 12.5. The standard InChI is InChI=1S/C40H78N2O15/c1-5-6-10-39(44)42-37(40(45)36(2)3)9-7-8-12-41-38(43)11-13-47-16-17-49-20-21-51-24-25-53-28-29-55-32-33-57-35-34-56-31-30-54-27-26-52-23-22-50-19-18-48-15-14-46-4/h36-37H,5-35H2,1-4H3,(H,41,43)(H,42,44)/t37-/m1/s1. The smallest absolute Gasteiger partial charge is 0.222 e. The average Bonchev–Trinajstić information content (AvgIpc) is 3.20. The lowest BCUT2D eigenvalue weighted by atomic mass is 9.97. The summed E-state index contributed by atoms with van der Waals surface area (Å²) in [6.45, 7) is 17.4. The number of nitrogens with one attached hydrogen (secondary N) is 2. The van der Waals surface area contributed by atoms with Crippen LogP contribution in [0.5, 0.6) is 0 Å². The van der Waals surface area contributed by atoms with Crippen molar-refractivity contribution in [3.05, 3.63) is 0 Å². The van der Waals surface area contributed by atoms with Crippen molar-refractivity contribution in [2.45, 2.75) is 71.8 Å². The molecule has 0 rings (SSSR count).